The fourth-order valence-electron chi connectivity index (χ4n) is 2.35. The molecule has 1 aliphatic heterocycles. The van der Waals surface area contributed by atoms with Crippen molar-refractivity contribution < 1.29 is 4.79 Å². The third-order valence-corrected chi connectivity index (χ3v) is 3.51. The fraction of sp³-hybridized carbons (Fsp3) is 0.917. The van der Waals surface area contributed by atoms with Crippen LogP contribution in [0.3, 0.4) is 0 Å². The highest BCUT2D eigenvalue weighted by Gasteiger charge is 2.25. The van der Waals surface area contributed by atoms with Crippen LogP contribution in [0.2, 0.25) is 0 Å². The van der Waals surface area contributed by atoms with Crippen LogP contribution in [0.1, 0.15) is 19.3 Å². The van der Waals surface area contributed by atoms with Gasteiger partial charge in [-0.15, -0.1) is 0 Å². The predicted molar refractivity (Wildman–Crippen MR) is 64.2 cm³/mol. The van der Waals surface area contributed by atoms with Gasteiger partial charge in [0.2, 0.25) is 5.91 Å². The lowest BCUT2D eigenvalue weighted by Gasteiger charge is -2.15. The molecular weight excluding hydrogens is 202 g/mol. The summed E-state index contributed by atoms with van der Waals surface area (Å²) in [4.78, 5) is 13.9. The Morgan fingerprint density at radius 1 is 1.25 bits per heavy atom. The Balaban J connectivity index is 1.59. The molecule has 0 aromatic heterocycles. The second kappa shape index (κ2) is 5.64. The van der Waals surface area contributed by atoms with Crippen molar-refractivity contribution in [2.75, 3.05) is 39.8 Å². The van der Waals surface area contributed by atoms with E-state index in [0.717, 1.165) is 38.0 Å². The molecule has 0 spiro atoms. The number of rotatable bonds is 6. The van der Waals surface area contributed by atoms with Crippen LogP contribution in [0.4, 0.5) is 0 Å². The highest BCUT2D eigenvalue weighted by Crippen LogP contribution is 2.27. The van der Waals surface area contributed by atoms with Crippen LogP contribution >= 0.6 is 0 Å². The minimum absolute atomic E-state index is 0.206. The number of amides is 1. The predicted octanol–water partition coefficient (Wildman–Crippen LogP) is 0.0539. The molecule has 2 aliphatic rings. The number of likely N-dealkylation sites (tertiary alicyclic amines) is 1. The number of nitrogens with one attached hydrogen (secondary N) is 2. The van der Waals surface area contributed by atoms with Gasteiger partial charge in [-0.2, -0.15) is 0 Å². The number of nitrogens with zero attached hydrogens (tertiary/aromatic N) is 1. The van der Waals surface area contributed by atoms with E-state index in [1.165, 1.54) is 19.3 Å². The molecule has 4 heteroatoms. The van der Waals surface area contributed by atoms with E-state index in [9.17, 15) is 4.79 Å². The number of carbonyl (C=O) groups is 1. The molecule has 2 rings (SSSR count). The first-order chi connectivity index (χ1) is 7.78. The van der Waals surface area contributed by atoms with Gasteiger partial charge in [-0.1, -0.05) is 0 Å². The van der Waals surface area contributed by atoms with Crippen molar-refractivity contribution in [2.24, 2.45) is 11.8 Å². The average Bonchev–Trinajstić information content (AvgIpc) is 2.99. The summed E-state index contributed by atoms with van der Waals surface area (Å²) in [6.07, 6.45) is 3.82. The van der Waals surface area contributed by atoms with Gasteiger partial charge >= 0.3 is 0 Å². The Bertz CT molecular complexity index is 240. The summed E-state index contributed by atoms with van der Waals surface area (Å²) >= 11 is 0. The maximum atomic E-state index is 11.6. The molecule has 2 N–H and O–H groups in total. The lowest BCUT2D eigenvalue weighted by molar-refractivity contribution is -0.122. The molecule has 1 aliphatic carbocycles. The van der Waals surface area contributed by atoms with E-state index in [2.05, 4.69) is 15.5 Å². The van der Waals surface area contributed by atoms with Gasteiger partial charge in [-0.25, -0.2) is 0 Å². The van der Waals surface area contributed by atoms with Crippen molar-refractivity contribution in [3.8, 4) is 0 Å². The van der Waals surface area contributed by atoms with E-state index in [0.29, 0.717) is 6.54 Å². The highest BCUT2D eigenvalue weighted by molar-refractivity contribution is 5.78. The summed E-state index contributed by atoms with van der Waals surface area (Å²) in [6, 6.07) is 0. The Morgan fingerprint density at radius 2 is 2.06 bits per heavy atom. The second-order valence-electron chi connectivity index (χ2n) is 5.19. The summed E-state index contributed by atoms with van der Waals surface area (Å²) in [5.41, 5.74) is 0. The molecule has 92 valence electrons. The zero-order valence-corrected chi connectivity index (χ0v) is 10.2. The van der Waals surface area contributed by atoms with Crippen molar-refractivity contribution in [1.29, 1.82) is 0 Å². The summed E-state index contributed by atoms with van der Waals surface area (Å²) in [5, 5.41) is 6.23. The summed E-state index contributed by atoms with van der Waals surface area (Å²) in [7, 11) is 1.99. The summed E-state index contributed by atoms with van der Waals surface area (Å²) < 4.78 is 0. The first-order valence-corrected chi connectivity index (χ1v) is 6.41. The smallest absolute Gasteiger partial charge is 0.234 e. The first-order valence-electron chi connectivity index (χ1n) is 6.41. The molecule has 1 saturated heterocycles. The molecule has 0 aromatic carbocycles. The van der Waals surface area contributed by atoms with Crippen LogP contribution in [0, 0.1) is 11.8 Å². The molecule has 1 saturated carbocycles. The topological polar surface area (TPSA) is 44.4 Å². The van der Waals surface area contributed by atoms with Crippen LogP contribution in [-0.2, 0) is 4.79 Å². The van der Waals surface area contributed by atoms with Gasteiger partial charge in [-0.3, -0.25) is 9.69 Å². The van der Waals surface area contributed by atoms with E-state index in [-0.39, 0.29) is 5.91 Å². The molecule has 1 amide bonds. The molecule has 2 fully saturated rings. The molecule has 0 bridgehead atoms. The third-order valence-electron chi connectivity index (χ3n) is 3.51. The normalized spacial score (nSPS) is 25.9. The van der Waals surface area contributed by atoms with Gasteiger partial charge in [-0.05, 0) is 51.2 Å². The molecule has 0 radical (unpaired) electrons. The van der Waals surface area contributed by atoms with Crippen molar-refractivity contribution >= 4 is 5.91 Å². The molecular formula is C12H23N3O. The fourth-order valence-corrected chi connectivity index (χ4v) is 2.35. The van der Waals surface area contributed by atoms with Gasteiger partial charge in [0.1, 0.15) is 0 Å². The molecule has 1 heterocycles. The van der Waals surface area contributed by atoms with Crippen molar-refractivity contribution in [1.82, 2.24) is 15.5 Å². The van der Waals surface area contributed by atoms with Gasteiger partial charge in [0.15, 0.2) is 0 Å². The van der Waals surface area contributed by atoms with E-state index in [1.54, 1.807) is 0 Å². The van der Waals surface area contributed by atoms with Gasteiger partial charge in [0, 0.05) is 13.1 Å². The maximum absolute atomic E-state index is 11.6. The molecule has 4 nitrogen and oxygen atoms in total. The van der Waals surface area contributed by atoms with E-state index in [1.807, 2.05) is 7.05 Å². The molecule has 16 heavy (non-hydrogen) atoms. The van der Waals surface area contributed by atoms with Crippen molar-refractivity contribution in [2.45, 2.75) is 19.3 Å². The second-order valence-corrected chi connectivity index (χ2v) is 5.19. The maximum Gasteiger partial charge on any atom is 0.234 e. The van der Waals surface area contributed by atoms with Crippen molar-refractivity contribution in [3.05, 3.63) is 0 Å². The Hall–Kier alpha value is -0.610. The zero-order valence-electron chi connectivity index (χ0n) is 10.2. The highest BCUT2D eigenvalue weighted by atomic mass is 16.2. The first kappa shape index (κ1) is 11.9. The summed E-state index contributed by atoms with van der Waals surface area (Å²) in [5.74, 6) is 1.71. The Labute approximate surface area is 97.8 Å². The molecule has 1 unspecified atom stereocenters. The number of hydrogen-bond donors (Lipinski definition) is 2. The zero-order chi connectivity index (χ0) is 11.4. The van der Waals surface area contributed by atoms with Crippen LogP contribution in [0.15, 0.2) is 0 Å². The molecule has 0 aromatic rings. The quantitative estimate of drug-likeness (QED) is 0.671. The molecule has 1 atom stereocenters. The third kappa shape index (κ3) is 3.76. The lowest BCUT2D eigenvalue weighted by atomic mass is 10.1. The van der Waals surface area contributed by atoms with Crippen LogP contribution < -0.4 is 10.6 Å². The Morgan fingerprint density at radius 3 is 2.75 bits per heavy atom. The van der Waals surface area contributed by atoms with Gasteiger partial charge in [0.25, 0.3) is 0 Å². The minimum atomic E-state index is 0.206. The van der Waals surface area contributed by atoms with E-state index >= 15 is 0 Å². The van der Waals surface area contributed by atoms with Crippen molar-refractivity contribution in [3.63, 3.8) is 0 Å². The van der Waals surface area contributed by atoms with Crippen LogP contribution in [0.5, 0.6) is 0 Å². The van der Waals surface area contributed by atoms with Gasteiger partial charge < -0.3 is 10.6 Å². The summed E-state index contributed by atoms with van der Waals surface area (Å²) in [6.45, 7) is 4.70. The number of hydrogen-bond acceptors (Lipinski definition) is 3. The van der Waals surface area contributed by atoms with Crippen LogP contribution in [-0.4, -0.2) is 50.6 Å². The lowest BCUT2D eigenvalue weighted by Crippen LogP contribution is -2.37. The monoisotopic (exact) mass is 225 g/mol. The van der Waals surface area contributed by atoms with Gasteiger partial charge in [0.05, 0.1) is 6.54 Å². The van der Waals surface area contributed by atoms with E-state index in [4.69, 9.17) is 0 Å². The largest absolute Gasteiger partial charge is 0.355 e. The Kier molecular flexibility index (Phi) is 4.18. The van der Waals surface area contributed by atoms with E-state index < -0.39 is 0 Å². The van der Waals surface area contributed by atoms with Crippen LogP contribution in [0.25, 0.3) is 0 Å². The SMILES string of the molecule is CNCC1CCN(CC(=O)NCC2CC2)C1. The number of carbonyl (C=O) groups excluding carboxylic acids is 1. The minimum Gasteiger partial charge on any atom is -0.355 e. The average molecular weight is 225 g/mol. The standard InChI is InChI=1S/C12H23N3O/c1-13-6-11-4-5-15(8-11)9-12(16)14-7-10-2-3-10/h10-11,13H,2-9H2,1H3,(H,14,16).